The van der Waals surface area contributed by atoms with Crippen LogP contribution in [0.2, 0.25) is 0 Å². The van der Waals surface area contributed by atoms with E-state index in [0.717, 1.165) is 16.4 Å². The van der Waals surface area contributed by atoms with E-state index in [1.807, 2.05) is 48.2 Å². The molecule has 1 heterocycles. The van der Waals surface area contributed by atoms with Crippen molar-refractivity contribution in [2.75, 3.05) is 5.73 Å². The summed E-state index contributed by atoms with van der Waals surface area (Å²) in [6, 6.07) is 11.9. The third-order valence-electron chi connectivity index (χ3n) is 3.34. The fourth-order valence-electron chi connectivity index (χ4n) is 2.40. The summed E-state index contributed by atoms with van der Waals surface area (Å²) in [6.45, 7) is 0. The first kappa shape index (κ1) is 12.5. The summed E-state index contributed by atoms with van der Waals surface area (Å²) in [5.74, 6) is 1.27. The van der Waals surface area contributed by atoms with E-state index in [1.54, 1.807) is 0 Å². The van der Waals surface area contributed by atoms with Crippen LogP contribution in [0.15, 0.2) is 41.4 Å². The van der Waals surface area contributed by atoms with Gasteiger partial charge < -0.3 is 5.73 Å². The van der Waals surface area contributed by atoms with Crippen LogP contribution in [-0.4, -0.2) is 15.2 Å². The van der Waals surface area contributed by atoms with Gasteiger partial charge in [0.05, 0.1) is 0 Å². The number of benzene rings is 1. The molecule has 0 saturated heterocycles. The van der Waals surface area contributed by atoms with Crippen molar-refractivity contribution in [1.29, 1.82) is 0 Å². The van der Waals surface area contributed by atoms with Gasteiger partial charge in [-0.1, -0.05) is 43.2 Å². The van der Waals surface area contributed by atoms with Crippen LogP contribution >= 0.6 is 11.8 Å². The first-order chi connectivity index (χ1) is 9.31. The Morgan fingerprint density at radius 1 is 1.05 bits per heavy atom. The monoisotopic (exact) mass is 271 g/mol. The van der Waals surface area contributed by atoms with Gasteiger partial charge in [-0.15, -0.1) is 11.8 Å². The highest BCUT2D eigenvalue weighted by Gasteiger charge is 2.17. The number of aromatic nitrogens is 2. The zero-order valence-electron chi connectivity index (χ0n) is 10.7. The maximum Gasteiger partial charge on any atom is 0.162 e. The van der Waals surface area contributed by atoms with Crippen LogP contribution in [0, 0.1) is 0 Å². The lowest BCUT2D eigenvalue weighted by Gasteiger charge is -2.09. The number of rotatable bonds is 3. The highest BCUT2D eigenvalue weighted by Crippen LogP contribution is 2.34. The minimum absolute atomic E-state index is 0.550. The Morgan fingerprint density at radius 3 is 2.53 bits per heavy atom. The number of thioether (sulfide) groups is 1. The van der Waals surface area contributed by atoms with Crippen LogP contribution in [0.1, 0.15) is 25.7 Å². The smallest absolute Gasteiger partial charge is 0.162 e. The molecular formula is C15H17N3S. The average Bonchev–Trinajstić information content (AvgIpc) is 2.92. The van der Waals surface area contributed by atoms with E-state index in [-0.39, 0.29) is 0 Å². The summed E-state index contributed by atoms with van der Waals surface area (Å²) in [5, 5.41) is 1.69. The maximum atomic E-state index is 5.91. The molecule has 0 atom stereocenters. The van der Waals surface area contributed by atoms with Gasteiger partial charge in [0.15, 0.2) is 5.82 Å². The molecule has 0 amide bonds. The van der Waals surface area contributed by atoms with Crippen molar-refractivity contribution in [3.63, 3.8) is 0 Å². The Kier molecular flexibility index (Phi) is 3.69. The van der Waals surface area contributed by atoms with Gasteiger partial charge in [0.1, 0.15) is 10.8 Å². The van der Waals surface area contributed by atoms with Crippen LogP contribution in [0.3, 0.4) is 0 Å². The third-order valence-corrected chi connectivity index (χ3v) is 4.60. The molecule has 0 spiro atoms. The highest BCUT2D eigenvalue weighted by atomic mass is 32.2. The lowest BCUT2D eigenvalue weighted by molar-refractivity contribution is 0.886. The first-order valence-electron chi connectivity index (χ1n) is 6.68. The van der Waals surface area contributed by atoms with Gasteiger partial charge in [-0.2, -0.15) is 0 Å². The fraction of sp³-hybridized carbons (Fsp3) is 0.333. The van der Waals surface area contributed by atoms with Crippen molar-refractivity contribution in [2.24, 2.45) is 0 Å². The molecule has 0 unspecified atom stereocenters. The molecule has 1 aromatic heterocycles. The fourth-order valence-corrected chi connectivity index (χ4v) is 3.63. The normalized spacial score (nSPS) is 15.8. The number of nitrogens with zero attached hydrogens (tertiary/aromatic N) is 2. The van der Waals surface area contributed by atoms with Crippen molar-refractivity contribution in [2.45, 2.75) is 36.0 Å². The molecule has 4 heteroatoms. The summed E-state index contributed by atoms with van der Waals surface area (Å²) in [7, 11) is 0. The summed E-state index contributed by atoms with van der Waals surface area (Å²) in [4.78, 5) is 8.97. The lowest BCUT2D eigenvalue weighted by atomic mass is 10.2. The topological polar surface area (TPSA) is 51.8 Å². The van der Waals surface area contributed by atoms with Crippen LogP contribution in [-0.2, 0) is 0 Å². The van der Waals surface area contributed by atoms with Gasteiger partial charge in [-0.3, -0.25) is 0 Å². The molecule has 1 saturated carbocycles. The van der Waals surface area contributed by atoms with Crippen molar-refractivity contribution in [3.8, 4) is 11.4 Å². The third kappa shape index (κ3) is 3.07. The second-order valence-electron chi connectivity index (χ2n) is 4.84. The molecule has 3 nitrogen and oxygen atoms in total. The Bertz CT molecular complexity index is 551. The van der Waals surface area contributed by atoms with Gasteiger partial charge in [0.2, 0.25) is 0 Å². The van der Waals surface area contributed by atoms with Crippen molar-refractivity contribution in [1.82, 2.24) is 9.97 Å². The molecule has 2 aromatic rings. The van der Waals surface area contributed by atoms with E-state index >= 15 is 0 Å². The summed E-state index contributed by atoms with van der Waals surface area (Å²) in [5.41, 5.74) is 6.92. The standard InChI is InChI=1S/C15H17N3S/c16-13-10-14(19-12-8-4-5-9-12)18-15(17-13)11-6-2-1-3-7-11/h1-3,6-7,10,12H,4-5,8-9H2,(H2,16,17,18). The van der Waals surface area contributed by atoms with Crippen LogP contribution in [0.4, 0.5) is 5.82 Å². The van der Waals surface area contributed by atoms with Gasteiger partial charge in [-0.25, -0.2) is 9.97 Å². The second kappa shape index (κ2) is 5.61. The number of hydrogen-bond acceptors (Lipinski definition) is 4. The minimum Gasteiger partial charge on any atom is -0.384 e. The van der Waals surface area contributed by atoms with Gasteiger partial charge in [0.25, 0.3) is 0 Å². The number of hydrogen-bond donors (Lipinski definition) is 1. The molecule has 19 heavy (non-hydrogen) atoms. The number of nitrogen functional groups attached to an aromatic ring is 1. The quantitative estimate of drug-likeness (QED) is 0.864. The van der Waals surface area contributed by atoms with Crippen LogP contribution in [0.5, 0.6) is 0 Å². The number of nitrogens with two attached hydrogens (primary N) is 1. The van der Waals surface area contributed by atoms with E-state index in [1.165, 1.54) is 25.7 Å². The lowest BCUT2D eigenvalue weighted by Crippen LogP contribution is -2.00. The summed E-state index contributed by atoms with van der Waals surface area (Å²) >= 11 is 1.84. The minimum atomic E-state index is 0.550. The Hall–Kier alpha value is -1.55. The Labute approximate surface area is 117 Å². The number of anilines is 1. The molecular weight excluding hydrogens is 254 g/mol. The van der Waals surface area contributed by atoms with Gasteiger partial charge in [-0.05, 0) is 12.8 Å². The largest absolute Gasteiger partial charge is 0.384 e. The summed E-state index contributed by atoms with van der Waals surface area (Å²) in [6.07, 6.45) is 5.25. The molecule has 1 aliphatic carbocycles. The van der Waals surface area contributed by atoms with E-state index in [9.17, 15) is 0 Å². The SMILES string of the molecule is Nc1cc(SC2CCCC2)nc(-c2ccccc2)n1. The average molecular weight is 271 g/mol. The van der Waals surface area contributed by atoms with Crippen molar-refractivity contribution < 1.29 is 0 Å². The summed E-state index contributed by atoms with van der Waals surface area (Å²) < 4.78 is 0. The molecule has 1 aromatic carbocycles. The predicted molar refractivity (Wildman–Crippen MR) is 80.0 cm³/mol. The van der Waals surface area contributed by atoms with Gasteiger partial charge >= 0.3 is 0 Å². The zero-order valence-corrected chi connectivity index (χ0v) is 11.6. The Balaban J connectivity index is 1.87. The molecule has 2 N–H and O–H groups in total. The molecule has 0 radical (unpaired) electrons. The Morgan fingerprint density at radius 2 is 1.79 bits per heavy atom. The van der Waals surface area contributed by atoms with Gasteiger partial charge in [0, 0.05) is 16.9 Å². The first-order valence-corrected chi connectivity index (χ1v) is 7.56. The van der Waals surface area contributed by atoms with Crippen LogP contribution < -0.4 is 5.73 Å². The van der Waals surface area contributed by atoms with Crippen LogP contribution in [0.25, 0.3) is 11.4 Å². The molecule has 0 aliphatic heterocycles. The highest BCUT2D eigenvalue weighted by molar-refractivity contribution is 7.99. The van der Waals surface area contributed by atoms with E-state index in [0.29, 0.717) is 11.1 Å². The van der Waals surface area contributed by atoms with Crippen molar-refractivity contribution in [3.05, 3.63) is 36.4 Å². The predicted octanol–water partition coefficient (Wildman–Crippen LogP) is 3.76. The van der Waals surface area contributed by atoms with E-state index in [2.05, 4.69) is 9.97 Å². The van der Waals surface area contributed by atoms with E-state index < -0.39 is 0 Å². The maximum absolute atomic E-state index is 5.91. The zero-order chi connectivity index (χ0) is 13.1. The molecule has 0 bridgehead atoms. The molecule has 1 fully saturated rings. The molecule has 3 rings (SSSR count). The second-order valence-corrected chi connectivity index (χ2v) is 6.17. The van der Waals surface area contributed by atoms with Crippen molar-refractivity contribution >= 4 is 17.6 Å². The molecule has 98 valence electrons. The molecule has 1 aliphatic rings. The van der Waals surface area contributed by atoms with E-state index in [4.69, 9.17) is 5.73 Å².